The van der Waals surface area contributed by atoms with Crippen molar-refractivity contribution in [3.8, 4) is 11.5 Å². The lowest BCUT2D eigenvalue weighted by atomic mass is 10.1. The third kappa shape index (κ3) is 4.00. The van der Waals surface area contributed by atoms with Crippen molar-refractivity contribution in [3.05, 3.63) is 53.6 Å². The highest BCUT2D eigenvalue weighted by atomic mass is 16.7. The molecule has 0 bridgehead atoms. The first-order chi connectivity index (χ1) is 15.6. The maximum Gasteiger partial charge on any atom is 0.253 e. The summed E-state index contributed by atoms with van der Waals surface area (Å²) in [6, 6.07) is 11.9. The van der Waals surface area contributed by atoms with Crippen LogP contribution in [-0.2, 0) is 16.1 Å². The van der Waals surface area contributed by atoms with Crippen molar-refractivity contribution in [2.45, 2.75) is 38.3 Å². The minimum absolute atomic E-state index is 0.0247. The lowest BCUT2D eigenvalue weighted by molar-refractivity contribution is -0.133. The highest BCUT2D eigenvalue weighted by molar-refractivity contribution is 6.00. The SMILES string of the molecule is O=C(Nc1ccc(C(=O)N2CCCC2)cc1)C1CCC(=O)N1Cc1ccc2c(c1)OCO2. The minimum atomic E-state index is -0.543. The lowest BCUT2D eigenvalue weighted by Crippen LogP contribution is -2.41. The first-order valence-corrected chi connectivity index (χ1v) is 11.0. The Morgan fingerprint density at radius 1 is 1.00 bits per heavy atom. The van der Waals surface area contributed by atoms with Gasteiger partial charge in [0.05, 0.1) is 0 Å². The van der Waals surface area contributed by atoms with Crippen molar-refractivity contribution < 1.29 is 23.9 Å². The number of benzene rings is 2. The molecule has 32 heavy (non-hydrogen) atoms. The Morgan fingerprint density at radius 2 is 1.75 bits per heavy atom. The monoisotopic (exact) mass is 435 g/mol. The van der Waals surface area contributed by atoms with Crippen LogP contribution in [0.2, 0.25) is 0 Å². The largest absolute Gasteiger partial charge is 0.454 e. The van der Waals surface area contributed by atoms with Gasteiger partial charge in [-0.15, -0.1) is 0 Å². The molecule has 1 N–H and O–H groups in total. The van der Waals surface area contributed by atoms with E-state index in [0.717, 1.165) is 31.5 Å². The molecule has 3 amide bonds. The molecule has 2 aromatic rings. The summed E-state index contributed by atoms with van der Waals surface area (Å²) in [7, 11) is 0. The number of nitrogens with one attached hydrogen (secondary N) is 1. The molecule has 3 aliphatic heterocycles. The number of ether oxygens (including phenoxy) is 2. The summed E-state index contributed by atoms with van der Waals surface area (Å²) < 4.78 is 10.7. The van der Waals surface area contributed by atoms with E-state index in [1.807, 2.05) is 23.1 Å². The summed E-state index contributed by atoms with van der Waals surface area (Å²) in [6.45, 7) is 2.12. The van der Waals surface area contributed by atoms with Crippen LogP contribution in [-0.4, -0.2) is 53.4 Å². The molecule has 0 aromatic heterocycles. The average Bonchev–Trinajstić information content (AvgIpc) is 3.56. The molecule has 1 atom stereocenters. The highest BCUT2D eigenvalue weighted by Gasteiger charge is 2.36. The number of anilines is 1. The number of hydrogen-bond acceptors (Lipinski definition) is 5. The predicted octanol–water partition coefficient (Wildman–Crippen LogP) is 2.78. The fourth-order valence-electron chi connectivity index (χ4n) is 4.46. The number of carbonyl (C=O) groups is 3. The van der Waals surface area contributed by atoms with Crippen molar-refractivity contribution in [1.82, 2.24) is 9.80 Å². The summed E-state index contributed by atoms with van der Waals surface area (Å²) in [5, 5.41) is 2.90. The predicted molar refractivity (Wildman–Crippen MR) is 116 cm³/mol. The van der Waals surface area contributed by atoms with Gasteiger partial charge in [0, 0.05) is 37.3 Å². The average molecular weight is 435 g/mol. The fraction of sp³-hybridized carbons (Fsp3) is 0.375. The number of carbonyl (C=O) groups excluding carboxylic acids is 3. The number of hydrogen-bond donors (Lipinski definition) is 1. The third-order valence-electron chi connectivity index (χ3n) is 6.21. The van der Waals surface area contributed by atoms with Crippen LogP contribution in [0.1, 0.15) is 41.6 Å². The minimum Gasteiger partial charge on any atom is -0.454 e. The Labute approximate surface area is 186 Å². The molecule has 0 radical (unpaired) electrons. The molecule has 1 unspecified atom stereocenters. The van der Waals surface area contributed by atoms with E-state index >= 15 is 0 Å². The highest BCUT2D eigenvalue weighted by Crippen LogP contribution is 2.33. The topological polar surface area (TPSA) is 88.2 Å². The zero-order chi connectivity index (χ0) is 22.1. The molecular weight excluding hydrogens is 410 g/mol. The van der Waals surface area contributed by atoms with Gasteiger partial charge in [-0.3, -0.25) is 14.4 Å². The van der Waals surface area contributed by atoms with Crippen molar-refractivity contribution in [2.75, 3.05) is 25.2 Å². The van der Waals surface area contributed by atoms with Crippen molar-refractivity contribution >= 4 is 23.4 Å². The standard InChI is InChI=1S/C24H25N3O5/c28-22-10-8-19(27(22)14-16-3-9-20-21(13-16)32-15-31-20)23(29)25-18-6-4-17(5-7-18)24(30)26-11-1-2-12-26/h3-7,9,13,19H,1-2,8,10-12,14-15H2,(H,25,29). The fourth-order valence-corrected chi connectivity index (χ4v) is 4.46. The summed E-state index contributed by atoms with van der Waals surface area (Å²) in [5.41, 5.74) is 2.10. The second-order valence-corrected chi connectivity index (χ2v) is 8.33. The van der Waals surface area contributed by atoms with Crippen molar-refractivity contribution in [3.63, 3.8) is 0 Å². The van der Waals surface area contributed by atoms with Gasteiger partial charge in [-0.2, -0.15) is 0 Å². The maximum absolute atomic E-state index is 13.0. The number of nitrogens with zero attached hydrogens (tertiary/aromatic N) is 2. The van der Waals surface area contributed by atoms with Crippen LogP contribution in [0.4, 0.5) is 5.69 Å². The Bertz CT molecular complexity index is 1050. The van der Waals surface area contributed by atoms with Crippen LogP contribution >= 0.6 is 0 Å². The van der Waals surface area contributed by atoms with Gasteiger partial charge in [-0.1, -0.05) is 6.07 Å². The molecule has 5 rings (SSSR count). The van der Waals surface area contributed by atoms with E-state index in [0.29, 0.717) is 42.1 Å². The summed E-state index contributed by atoms with van der Waals surface area (Å²) >= 11 is 0. The van der Waals surface area contributed by atoms with Gasteiger partial charge in [-0.25, -0.2) is 0 Å². The Balaban J connectivity index is 1.24. The third-order valence-corrected chi connectivity index (χ3v) is 6.21. The normalized spacial score (nSPS) is 19.5. The van der Waals surface area contributed by atoms with Crippen molar-refractivity contribution in [2.24, 2.45) is 0 Å². The molecule has 2 fully saturated rings. The second kappa shape index (κ2) is 8.53. The molecule has 2 saturated heterocycles. The first-order valence-electron chi connectivity index (χ1n) is 11.0. The summed E-state index contributed by atoms with van der Waals surface area (Å²) in [5.74, 6) is 1.09. The van der Waals surface area contributed by atoms with Crippen molar-refractivity contribution in [1.29, 1.82) is 0 Å². The Kier molecular flexibility index (Phi) is 5.43. The molecule has 166 valence electrons. The number of rotatable bonds is 5. The smallest absolute Gasteiger partial charge is 0.253 e. The zero-order valence-electron chi connectivity index (χ0n) is 17.7. The van der Waals surface area contributed by atoms with Gasteiger partial charge in [0.2, 0.25) is 18.6 Å². The van der Waals surface area contributed by atoms with Crippen LogP contribution in [0.5, 0.6) is 11.5 Å². The van der Waals surface area contributed by atoms with Crippen LogP contribution in [0.15, 0.2) is 42.5 Å². The van der Waals surface area contributed by atoms with E-state index < -0.39 is 6.04 Å². The van der Waals surface area contributed by atoms with Crippen LogP contribution in [0.3, 0.4) is 0 Å². The maximum atomic E-state index is 13.0. The first kappa shape index (κ1) is 20.4. The van der Waals surface area contributed by atoms with E-state index in [4.69, 9.17) is 9.47 Å². The Hall–Kier alpha value is -3.55. The number of likely N-dealkylation sites (tertiary alicyclic amines) is 2. The van der Waals surface area contributed by atoms with Gasteiger partial charge in [0.15, 0.2) is 11.5 Å². The van der Waals surface area contributed by atoms with Crippen LogP contribution < -0.4 is 14.8 Å². The molecule has 0 aliphatic carbocycles. The van der Waals surface area contributed by atoms with E-state index in [1.165, 1.54) is 0 Å². The van der Waals surface area contributed by atoms with Gasteiger partial charge >= 0.3 is 0 Å². The van der Waals surface area contributed by atoms with E-state index in [2.05, 4.69) is 5.32 Å². The molecule has 3 aliphatic rings. The molecule has 8 heteroatoms. The van der Waals surface area contributed by atoms with E-state index in [1.54, 1.807) is 29.2 Å². The van der Waals surface area contributed by atoms with Gasteiger partial charge in [0.1, 0.15) is 6.04 Å². The molecule has 3 heterocycles. The molecular formula is C24H25N3O5. The van der Waals surface area contributed by atoms with Gasteiger partial charge in [0.25, 0.3) is 5.91 Å². The van der Waals surface area contributed by atoms with Crippen LogP contribution in [0, 0.1) is 0 Å². The number of amides is 3. The van der Waals surface area contributed by atoms with E-state index in [9.17, 15) is 14.4 Å². The molecule has 2 aromatic carbocycles. The second-order valence-electron chi connectivity index (χ2n) is 8.33. The molecule has 0 spiro atoms. The summed E-state index contributed by atoms with van der Waals surface area (Å²) in [4.78, 5) is 41.4. The Morgan fingerprint density at radius 3 is 2.53 bits per heavy atom. The lowest BCUT2D eigenvalue weighted by Gasteiger charge is -2.24. The van der Waals surface area contributed by atoms with Gasteiger partial charge in [-0.05, 0) is 61.2 Å². The molecule has 8 nitrogen and oxygen atoms in total. The summed E-state index contributed by atoms with van der Waals surface area (Å²) in [6.07, 6.45) is 2.90. The molecule has 0 saturated carbocycles. The quantitative estimate of drug-likeness (QED) is 0.780. The van der Waals surface area contributed by atoms with Crippen LogP contribution in [0.25, 0.3) is 0 Å². The zero-order valence-corrected chi connectivity index (χ0v) is 17.7. The number of fused-ring (bicyclic) bond motifs is 1. The van der Waals surface area contributed by atoms with E-state index in [-0.39, 0.29) is 24.5 Å². The van der Waals surface area contributed by atoms with Gasteiger partial charge < -0.3 is 24.6 Å².